The lowest BCUT2D eigenvalue weighted by Gasteiger charge is -2.27. The Hall–Kier alpha value is -0.410. The molecule has 0 aromatic heterocycles. The Morgan fingerprint density at radius 3 is 2.79 bits per heavy atom. The molecule has 0 spiro atoms. The monoisotopic (exact) mass is 328 g/mol. The number of rotatable bonds is 3. The number of hydrogen-bond acceptors (Lipinski definition) is 1. The van der Waals surface area contributed by atoms with Gasteiger partial charge in [0.05, 0.1) is 5.60 Å². The molecule has 0 saturated heterocycles. The van der Waals surface area contributed by atoms with Crippen LogP contribution in [-0.2, 0) is 6.42 Å². The maximum absolute atomic E-state index is 13.4. The fourth-order valence-electron chi connectivity index (χ4n) is 3.14. The van der Waals surface area contributed by atoms with Crippen molar-refractivity contribution in [2.24, 2.45) is 5.92 Å². The molecule has 0 heterocycles. The van der Waals surface area contributed by atoms with E-state index in [0.29, 0.717) is 6.42 Å². The highest BCUT2D eigenvalue weighted by Gasteiger charge is 2.30. The Morgan fingerprint density at radius 1 is 1.32 bits per heavy atom. The molecular formula is C16H22BrFO. The van der Waals surface area contributed by atoms with E-state index in [1.165, 1.54) is 25.0 Å². The van der Waals surface area contributed by atoms with Gasteiger partial charge < -0.3 is 5.11 Å². The van der Waals surface area contributed by atoms with Gasteiger partial charge in [0.2, 0.25) is 0 Å². The van der Waals surface area contributed by atoms with E-state index in [1.54, 1.807) is 0 Å². The van der Waals surface area contributed by atoms with Gasteiger partial charge in [-0.3, -0.25) is 0 Å². The molecule has 2 atom stereocenters. The average Bonchev–Trinajstić information content (AvgIpc) is 2.49. The zero-order chi connectivity index (χ0) is 13.9. The fourth-order valence-corrected chi connectivity index (χ4v) is 3.65. The van der Waals surface area contributed by atoms with Crippen LogP contribution in [0.1, 0.15) is 51.0 Å². The van der Waals surface area contributed by atoms with E-state index in [0.717, 1.165) is 41.6 Å². The third kappa shape index (κ3) is 4.28. The summed E-state index contributed by atoms with van der Waals surface area (Å²) in [7, 11) is 0. The zero-order valence-corrected chi connectivity index (χ0v) is 13.0. The molecule has 1 nitrogen and oxygen atoms in total. The third-order valence-electron chi connectivity index (χ3n) is 4.31. The van der Waals surface area contributed by atoms with Crippen LogP contribution in [0.15, 0.2) is 22.7 Å². The molecule has 0 radical (unpaired) electrons. The van der Waals surface area contributed by atoms with Crippen molar-refractivity contribution in [2.45, 2.75) is 57.5 Å². The topological polar surface area (TPSA) is 20.2 Å². The van der Waals surface area contributed by atoms with Crippen LogP contribution in [0.5, 0.6) is 0 Å². The second-order valence-electron chi connectivity index (χ2n) is 5.88. The number of aliphatic hydroxyl groups is 1. The minimum absolute atomic E-state index is 0.243. The first kappa shape index (κ1) is 15.0. The fraction of sp³-hybridized carbons (Fsp3) is 0.625. The van der Waals surface area contributed by atoms with E-state index < -0.39 is 5.60 Å². The highest BCUT2D eigenvalue weighted by atomic mass is 79.9. The van der Waals surface area contributed by atoms with Gasteiger partial charge in [0, 0.05) is 10.9 Å². The number of benzene rings is 1. The van der Waals surface area contributed by atoms with Crippen molar-refractivity contribution in [3.8, 4) is 0 Å². The Morgan fingerprint density at radius 2 is 2.11 bits per heavy atom. The summed E-state index contributed by atoms with van der Waals surface area (Å²) in [5, 5.41) is 10.8. The van der Waals surface area contributed by atoms with Gasteiger partial charge in [-0.25, -0.2) is 4.39 Å². The lowest BCUT2D eigenvalue weighted by atomic mass is 9.87. The van der Waals surface area contributed by atoms with Crippen LogP contribution in [0.3, 0.4) is 0 Å². The molecule has 1 fully saturated rings. The number of halogens is 2. The molecule has 1 aromatic carbocycles. The molecule has 19 heavy (non-hydrogen) atoms. The molecule has 1 aliphatic carbocycles. The second kappa shape index (κ2) is 6.36. The Kier molecular flexibility index (Phi) is 5.02. The van der Waals surface area contributed by atoms with E-state index in [2.05, 4.69) is 22.9 Å². The predicted molar refractivity (Wildman–Crippen MR) is 79.6 cm³/mol. The summed E-state index contributed by atoms with van der Waals surface area (Å²) >= 11 is 3.31. The minimum Gasteiger partial charge on any atom is -0.390 e. The van der Waals surface area contributed by atoms with Crippen LogP contribution < -0.4 is 0 Å². The molecule has 0 amide bonds. The molecule has 1 aliphatic rings. The van der Waals surface area contributed by atoms with Gasteiger partial charge in [-0.2, -0.15) is 0 Å². The minimum atomic E-state index is -0.656. The Bertz CT molecular complexity index is 415. The lowest BCUT2D eigenvalue weighted by Crippen LogP contribution is -2.30. The van der Waals surface area contributed by atoms with Crippen molar-refractivity contribution in [1.29, 1.82) is 0 Å². The van der Waals surface area contributed by atoms with Crippen molar-refractivity contribution in [3.05, 3.63) is 34.1 Å². The molecule has 1 N–H and O–H groups in total. The average molecular weight is 329 g/mol. The van der Waals surface area contributed by atoms with E-state index in [-0.39, 0.29) is 5.82 Å². The first-order chi connectivity index (χ1) is 9.00. The second-order valence-corrected chi connectivity index (χ2v) is 6.80. The van der Waals surface area contributed by atoms with Crippen molar-refractivity contribution in [3.63, 3.8) is 0 Å². The van der Waals surface area contributed by atoms with E-state index >= 15 is 0 Å². The molecule has 3 heteroatoms. The summed E-state index contributed by atoms with van der Waals surface area (Å²) in [5.74, 6) is 0.501. The Labute approximate surface area is 123 Å². The van der Waals surface area contributed by atoms with Crippen molar-refractivity contribution in [2.75, 3.05) is 0 Å². The van der Waals surface area contributed by atoms with Gasteiger partial charge >= 0.3 is 0 Å². The van der Waals surface area contributed by atoms with E-state index in [4.69, 9.17) is 0 Å². The van der Waals surface area contributed by atoms with Gasteiger partial charge in [0.15, 0.2) is 0 Å². The van der Waals surface area contributed by atoms with Gasteiger partial charge in [-0.05, 0) is 48.9 Å². The van der Waals surface area contributed by atoms with Crippen LogP contribution in [0.2, 0.25) is 0 Å². The molecule has 2 unspecified atom stereocenters. The number of hydrogen-bond donors (Lipinski definition) is 1. The van der Waals surface area contributed by atoms with E-state index in [9.17, 15) is 9.50 Å². The van der Waals surface area contributed by atoms with Gasteiger partial charge in [-0.15, -0.1) is 0 Å². The zero-order valence-electron chi connectivity index (χ0n) is 11.5. The Balaban J connectivity index is 2.07. The van der Waals surface area contributed by atoms with Crippen molar-refractivity contribution in [1.82, 2.24) is 0 Å². The normalized spacial score (nSPS) is 28.1. The van der Waals surface area contributed by atoms with Gasteiger partial charge in [0.1, 0.15) is 5.82 Å². The van der Waals surface area contributed by atoms with Gasteiger partial charge in [0.25, 0.3) is 0 Å². The first-order valence-corrected chi connectivity index (χ1v) is 7.97. The van der Waals surface area contributed by atoms with Crippen LogP contribution in [0, 0.1) is 11.7 Å². The molecule has 1 saturated carbocycles. The first-order valence-electron chi connectivity index (χ1n) is 7.18. The highest BCUT2D eigenvalue weighted by Crippen LogP contribution is 2.34. The quantitative estimate of drug-likeness (QED) is 0.786. The van der Waals surface area contributed by atoms with Gasteiger partial charge in [-0.1, -0.05) is 42.1 Å². The molecule has 0 aliphatic heterocycles. The van der Waals surface area contributed by atoms with Crippen LogP contribution in [0.4, 0.5) is 4.39 Å². The molecule has 2 rings (SSSR count). The maximum atomic E-state index is 13.4. The molecule has 0 bridgehead atoms. The van der Waals surface area contributed by atoms with Crippen LogP contribution in [0.25, 0.3) is 0 Å². The maximum Gasteiger partial charge on any atom is 0.124 e. The molecule has 106 valence electrons. The van der Waals surface area contributed by atoms with Crippen molar-refractivity contribution >= 4 is 15.9 Å². The summed E-state index contributed by atoms with van der Waals surface area (Å²) in [5.41, 5.74) is 0.223. The predicted octanol–water partition coefficient (Wildman–Crippen LogP) is 4.85. The summed E-state index contributed by atoms with van der Waals surface area (Å²) in [6.07, 6.45) is 6.79. The summed E-state index contributed by atoms with van der Waals surface area (Å²) in [4.78, 5) is 0. The highest BCUT2D eigenvalue weighted by molar-refractivity contribution is 9.10. The third-order valence-corrected chi connectivity index (χ3v) is 4.76. The summed E-state index contributed by atoms with van der Waals surface area (Å²) in [6.45, 7) is 2.22. The lowest BCUT2D eigenvalue weighted by molar-refractivity contribution is 0.0241. The largest absolute Gasteiger partial charge is 0.390 e. The summed E-state index contributed by atoms with van der Waals surface area (Å²) in [6, 6.07) is 4.89. The van der Waals surface area contributed by atoms with Crippen LogP contribution >= 0.6 is 15.9 Å². The molecular weight excluding hydrogens is 307 g/mol. The van der Waals surface area contributed by atoms with E-state index in [1.807, 2.05) is 6.07 Å². The molecule has 1 aromatic rings. The smallest absolute Gasteiger partial charge is 0.124 e. The SMILES string of the molecule is CCC1CCCC(O)(Cc2cc(F)cc(Br)c2)CC1. The van der Waals surface area contributed by atoms with Crippen molar-refractivity contribution < 1.29 is 9.50 Å². The summed E-state index contributed by atoms with van der Waals surface area (Å²) < 4.78 is 14.1. The van der Waals surface area contributed by atoms with Crippen LogP contribution in [-0.4, -0.2) is 10.7 Å². The standard InChI is InChI=1S/C16H22BrFO/c1-2-12-4-3-6-16(19,7-5-12)11-13-8-14(17)10-15(18)9-13/h8-10,12,19H,2-7,11H2,1H3.